The quantitative estimate of drug-likeness (QED) is 0.656. The Kier molecular flexibility index (Phi) is 3.11. The van der Waals surface area contributed by atoms with Crippen LogP contribution in [0.1, 0.15) is 15.9 Å². The molecule has 0 saturated carbocycles. The van der Waals surface area contributed by atoms with E-state index in [9.17, 15) is 9.18 Å². The lowest BCUT2D eigenvalue weighted by Crippen LogP contribution is -2.06. The molecule has 0 aliphatic carbocycles. The van der Waals surface area contributed by atoms with Crippen LogP contribution in [0.3, 0.4) is 0 Å². The van der Waals surface area contributed by atoms with Gasteiger partial charge in [0.05, 0.1) is 5.02 Å². The van der Waals surface area contributed by atoms with Crippen LogP contribution in [0, 0.1) is 5.82 Å². The Morgan fingerprint density at radius 2 is 1.82 bits per heavy atom. The second-order valence-electron chi connectivity index (χ2n) is 3.55. The Labute approximate surface area is 103 Å². The number of nitrogen functional groups attached to an aromatic ring is 1. The maximum Gasteiger partial charge on any atom is 0.195 e. The highest BCUT2D eigenvalue weighted by Crippen LogP contribution is 2.24. The van der Waals surface area contributed by atoms with Gasteiger partial charge in [0.15, 0.2) is 5.78 Å². The monoisotopic (exact) mass is 249 g/mol. The molecule has 0 unspecified atom stereocenters. The van der Waals surface area contributed by atoms with Crippen molar-refractivity contribution >= 4 is 23.1 Å². The fourth-order valence-corrected chi connectivity index (χ4v) is 1.67. The number of carbonyl (C=O) groups is 1. The Balaban J connectivity index is 2.48. The van der Waals surface area contributed by atoms with E-state index in [1.54, 1.807) is 30.3 Å². The summed E-state index contributed by atoms with van der Waals surface area (Å²) in [5, 5.41) is -0.113. The van der Waals surface area contributed by atoms with Gasteiger partial charge in [0.1, 0.15) is 5.82 Å². The first-order valence-electron chi connectivity index (χ1n) is 4.94. The fraction of sp³-hybridized carbons (Fsp3) is 0. The van der Waals surface area contributed by atoms with E-state index in [0.717, 1.165) is 6.07 Å². The molecule has 0 heterocycles. The summed E-state index contributed by atoms with van der Waals surface area (Å²) in [6.45, 7) is 0. The summed E-state index contributed by atoms with van der Waals surface area (Å²) in [5.41, 5.74) is 6.39. The summed E-state index contributed by atoms with van der Waals surface area (Å²) in [6.07, 6.45) is 0. The Morgan fingerprint density at radius 3 is 2.47 bits per heavy atom. The van der Waals surface area contributed by atoms with E-state index < -0.39 is 5.82 Å². The number of hydrogen-bond acceptors (Lipinski definition) is 2. The summed E-state index contributed by atoms with van der Waals surface area (Å²) in [7, 11) is 0. The zero-order valence-corrected chi connectivity index (χ0v) is 9.54. The van der Waals surface area contributed by atoms with Crippen LogP contribution in [0.15, 0.2) is 42.5 Å². The van der Waals surface area contributed by atoms with Gasteiger partial charge in [-0.1, -0.05) is 41.9 Å². The van der Waals surface area contributed by atoms with Gasteiger partial charge >= 0.3 is 0 Å². The summed E-state index contributed by atoms with van der Waals surface area (Å²) in [5.74, 6) is -0.904. The van der Waals surface area contributed by atoms with Crippen molar-refractivity contribution in [3.63, 3.8) is 0 Å². The average Bonchev–Trinajstić information content (AvgIpc) is 2.34. The van der Waals surface area contributed by atoms with Crippen LogP contribution < -0.4 is 5.73 Å². The minimum absolute atomic E-state index is 0.0840. The predicted octanol–water partition coefficient (Wildman–Crippen LogP) is 3.29. The highest BCUT2D eigenvalue weighted by Gasteiger charge is 2.14. The molecule has 0 aliphatic heterocycles. The van der Waals surface area contributed by atoms with E-state index in [-0.39, 0.29) is 22.1 Å². The molecule has 17 heavy (non-hydrogen) atoms. The average molecular weight is 250 g/mol. The van der Waals surface area contributed by atoms with Crippen LogP contribution in [0.2, 0.25) is 5.02 Å². The van der Waals surface area contributed by atoms with Gasteiger partial charge in [-0.3, -0.25) is 4.79 Å². The van der Waals surface area contributed by atoms with E-state index >= 15 is 0 Å². The molecule has 86 valence electrons. The Bertz CT molecular complexity index is 569. The van der Waals surface area contributed by atoms with Crippen molar-refractivity contribution in [2.24, 2.45) is 0 Å². The highest BCUT2D eigenvalue weighted by atomic mass is 35.5. The molecule has 0 bridgehead atoms. The third kappa shape index (κ3) is 2.29. The van der Waals surface area contributed by atoms with E-state index in [4.69, 9.17) is 17.3 Å². The lowest BCUT2D eigenvalue weighted by atomic mass is 10.0. The molecule has 0 amide bonds. The van der Waals surface area contributed by atoms with Crippen molar-refractivity contribution < 1.29 is 9.18 Å². The minimum atomic E-state index is -0.631. The molecular formula is C13H9ClFNO. The maximum atomic E-state index is 13.1. The zero-order chi connectivity index (χ0) is 12.4. The fourth-order valence-electron chi connectivity index (χ4n) is 1.50. The van der Waals surface area contributed by atoms with Gasteiger partial charge in [0, 0.05) is 16.8 Å². The largest absolute Gasteiger partial charge is 0.398 e. The van der Waals surface area contributed by atoms with E-state index in [1.165, 1.54) is 6.07 Å². The van der Waals surface area contributed by atoms with E-state index in [0.29, 0.717) is 5.56 Å². The van der Waals surface area contributed by atoms with Gasteiger partial charge in [-0.15, -0.1) is 0 Å². The molecule has 0 atom stereocenters. The molecule has 0 spiro atoms. The van der Waals surface area contributed by atoms with Gasteiger partial charge in [0.2, 0.25) is 0 Å². The van der Waals surface area contributed by atoms with Crippen LogP contribution in [-0.2, 0) is 0 Å². The minimum Gasteiger partial charge on any atom is -0.398 e. The van der Waals surface area contributed by atoms with Gasteiger partial charge in [-0.2, -0.15) is 0 Å². The van der Waals surface area contributed by atoms with Crippen molar-refractivity contribution in [1.82, 2.24) is 0 Å². The zero-order valence-electron chi connectivity index (χ0n) is 8.78. The summed E-state index contributed by atoms with van der Waals surface area (Å²) in [6, 6.07) is 10.9. The normalized spacial score (nSPS) is 10.2. The molecule has 2 rings (SSSR count). The van der Waals surface area contributed by atoms with Crippen molar-refractivity contribution in [2.75, 3.05) is 5.73 Å². The van der Waals surface area contributed by atoms with Crippen LogP contribution >= 0.6 is 11.6 Å². The topological polar surface area (TPSA) is 43.1 Å². The number of ketones is 1. The molecule has 2 N–H and O–H groups in total. The molecule has 2 nitrogen and oxygen atoms in total. The molecule has 0 saturated heterocycles. The van der Waals surface area contributed by atoms with Gasteiger partial charge in [0.25, 0.3) is 0 Å². The second kappa shape index (κ2) is 4.55. The molecular weight excluding hydrogens is 241 g/mol. The van der Waals surface area contributed by atoms with E-state index in [2.05, 4.69) is 0 Å². The van der Waals surface area contributed by atoms with Crippen molar-refractivity contribution in [2.45, 2.75) is 0 Å². The van der Waals surface area contributed by atoms with Crippen molar-refractivity contribution in [3.05, 3.63) is 64.4 Å². The molecule has 2 aromatic carbocycles. The third-order valence-corrected chi connectivity index (χ3v) is 2.66. The number of rotatable bonds is 2. The molecule has 0 aliphatic rings. The summed E-state index contributed by atoms with van der Waals surface area (Å²) in [4.78, 5) is 12.1. The first-order valence-corrected chi connectivity index (χ1v) is 5.31. The lowest BCUT2D eigenvalue weighted by Gasteiger charge is -2.06. The Hall–Kier alpha value is -1.87. The number of benzene rings is 2. The Morgan fingerprint density at radius 1 is 1.18 bits per heavy atom. The standard InChI is InChI=1S/C13H9ClFNO/c14-10-6-9(12(16)7-11(10)15)13(17)8-4-2-1-3-5-8/h1-7H,16H2. The van der Waals surface area contributed by atoms with Crippen LogP contribution in [-0.4, -0.2) is 5.78 Å². The number of anilines is 1. The van der Waals surface area contributed by atoms with Crippen molar-refractivity contribution in [1.29, 1.82) is 0 Å². The number of halogens is 2. The predicted molar refractivity (Wildman–Crippen MR) is 65.7 cm³/mol. The van der Waals surface area contributed by atoms with Crippen LogP contribution in [0.25, 0.3) is 0 Å². The second-order valence-corrected chi connectivity index (χ2v) is 3.96. The van der Waals surface area contributed by atoms with Gasteiger partial charge in [-0.05, 0) is 12.1 Å². The number of carbonyl (C=O) groups excluding carboxylic acids is 1. The van der Waals surface area contributed by atoms with Gasteiger partial charge in [-0.25, -0.2) is 4.39 Å². The number of hydrogen-bond donors (Lipinski definition) is 1. The maximum absolute atomic E-state index is 13.1. The molecule has 2 aromatic rings. The van der Waals surface area contributed by atoms with Crippen molar-refractivity contribution in [3.8, 4) is 0 Å². The SMILES string of the molecule is Nc1cc(F)c(Cl)cc1C(=O)c1ccccc1. The van der Waals surface area contributed by atoms with Crippen LogP contribution in [0.4, 0.5) is 10.1 Å². The first-order chi connectivity index (χ1) is 8.09. The smallest absolute Gasteiger partial charge is 0.195 e. The van der Waals surface area contributed by atoms with E-state index in [1.807, 2.05) is 0 Å². The summed E-state index contributed by atoms with van der Waals surface area (Å²) >= 11 is 5.63. The highest BCUT2D eigenvalue weighted by molar-refractivity contribution is 6.31. The third-order valence-electron chi connectivity index (χ3n) is 2.37. The molecule has 0 aromatic heterocycles. The molecule has 0 fully saturated rings. The summed E-state index contributed by atoms with van der Waals surface area (Å²) < 4.78 is 13.1. The first kappa shape index (κ1) is 11.6. The number of nitrogens with two attached hydrogens (primary N) is 1. The lowest BCUT2D eigenvalue weighted by molar-refractivity contribution is 0.103. The van der Waals surface area contributed by atoms with Crippen LogP contribution in [0.5, 0.6) is 0 Å². The molecule has 0 radical (unpaired) electrons. The molecule has 4 heteroatoms. The van der Waals surface area contributed by atoms with Gasteiger partial charge < -0.3 is 5.73 Å².